The van der Waals surface area contributed by atoms with Crippen LogP contribution < -0.4 is 5.32 Å². The standard InChI is InChI=1S/C17H19BrN2O/c1-19-14-6-4-8-20(11-14)17(21)16-10-13(18)9-12-5-2-3-7-15(12)16/h2-3,5,7,9-10,14,19H,4,6,8,11H2,1H3. The van der Waals surface area contributed by atoms with E-state index < -0.39 is 0 Å². The molecule has 1 aliphatic rings. The van der Waals surface area contributed by atoms with E-state index in [0.717, 1.165) is 46.7 Å². The predicted molar refractivity (Wildman–Crippen MR) is 89.6 cm³/mol. The Morgan fingerprint density at radius 2 is 2.14 bits per heavy atom. The number of carbonyl (C=O) groups excluding carboxylic acids is 1. The van der Waals surface area contributed by atoms with Crippen molar-refractivity contribution in [2.24, 2.45) is 0 Å². The molecule has 0 aliphatic carbocycles. The second-order valence-corrected chi connectivity index (χ2v) is 6.47. The van der Waals surface area contributed by atoms with Gasteiger partial charge in [0.15, 0.2) is 0 Å². The van der Waals surface area contributed by atoms with Crippen LogP contribution in [0.5, 0.6) is 0 Å². The maximum Gasteiger partial charge on any atom is 0.254 e. The maximum absolute atomic E-state index is 12.9. The van der Waals surface area contributed by atoms with Gasteiger partial charge < -0.3 is 10.2 Å². The topological polar surface area (TPSA) is 32.3 Å². The Morgan fingerprint density at radius 1 is 1.33 bits per heavy atom. The second-order valence-electron chi connectivity index (χ2n) is 5.55. The first-order valence-corrected chi connectivity index (χ1v) is 8.13. The molecule has 21 heavy (non-hydrogen) atoms. The molecule has 0 aromatic heterocycles. The summed E-state index contributed by atoms with van der Waals surface area (Å²) in [5.74, 6) is 0.132. The zero-order valence-electron chi connectivity index (χ0n) is 12.1. The molecule has 4 heteroatoms. The number of likely N-dealkylation sites (tertiary alicyclic amines) is 1. The number of hydrogen-bond donors (Lipinski definition) is 1. The van der Waals surface area contributed by atoms with Crippen molar-refractivity contribution in [2.45, 2.75) is 18.9 Å². The van der Waals surface area contributed by atoms with E-state index in [4.69, 9.17) is 0 Å². The van der Waals surface area contributed by atoms with E-state index in [1.807, 2.05) is 42.3 Å². The zero-order valence-corrected chi connectivity index (χ0v) is 13.7. The van der Waals surface area contributed by atoms with Crippen LogP contribution in [0.15, 0.2) is 40.9 Å². The molecule has 0 saturated carbocycles. The minimum atomic E-state index is 0.132. The average molecular weight is 347 g/mol. The number of rotatable bonds is 2. The number of fused-ring (bicyclic) bond motifs is 1. The summed E-state index contributed by atoms with van der Waals surface area (Å²) in [6, 6.07) is 12.5. The van der Waals surface area contributed by atoms with E-state index >= 15 is 0 Å². The molecule has 1 N–H and O–H groups in total. The molecular formula is C17H19BrN2O. The summed E-state index contributed by atoms with van der Waals surface area (Å²) in [6.07, 6.45) is 2.20. The largest absolute Gasteiger partial charge is 0.337 e. The van der Waals surface area contributed by atoms with Gasteiger partial charge in [-0.3, -0.25) is 4.79 Å². The molecule has 0 spiro atoms. The molecule has 1 heterocycles. The highest BCUT2D eigenvalue weighted by molar-refractivity contribution is 9.10. The lowest BCUT2D eigenvalue weighted by molar-refractivity contribution is 0.0700. The minimum Gasteiger partial charge on any atom is -0.337 e. The van der Waals surface area contributed by atoms with Crippen molar-refractivity contribution >= 4 is 32.6 Å². The van der Waals surface area contributed by atoms with Gasteiger partial charge in [0.25, 0.3) is 5.91 Å². The van der Waals surface area contributed by atoms with Gasteiger partial charge in [-0.05, 0) is 42.8 Å². The van der Waals surface area contributed by atoms with Crippen LogP contribution in [0.4, 0.5) is 0 Å². The first-order chi connectivity index (χ1) is 10.2. The van der Waals surface area contributed by atoms with Crippen molar-refractivity contribution < 1.29 is 4.79 Å². The van der Waals surface area contributed by atoms with Crippen LogP contribution in [0, 0.1) is 0 Å². The average Bonchev–Trinajstić information content (AvgIpc) is 2.53. The molecule has 0 radical (unpaired) electrons. The van der Waals surface area contributed by atoms with Gasteiger partial charge in [-0.25, -0.2) is 0 Å². The lowest BCUT2D eigenvalue weighted by Gasteiger charge is -2.33. The first kappa shape index (κ1) is 14.5. The van der Waals surface area contributed by atoms with Crippen LogP contribution in [-0.2, 0) is 0 Å². The lowest BCUT2D eigenvalue weighted by Crippen LogP contribution is -2.47. The molecule has 1 saturated heterocycles. The monoisotopic (exact) mass is 346 g/mol. The smallest absolute Gasteiger partial charge is 0.254 e. The predicted octanol–water partition coefficient (Wildman–Crippen LogP) is 3.43. The van der Waals surface area contributed by atoms with Crippen molar-refractivity contribution in [3.8, 4) is 0 Å². The Balaban J connectivity index is 1.97. The number of benzene rings is 2. The molecule has 1 aliphatic heterocycles. The van der Waals surface area contributed by atoms with Crippen molar-refractivity contribution in [1.29, 1.82) is 0 Å². The van der Waals surface area contributed by atoms with E-state index in [9.17, 15) is 4.79 Å². The lowest BCUT2D eigenvalue weighted by atomic mass is 10.0. The summed E-state index contributed by atoms with van der Waals surface area (Å²) in [5.41, 5.74) is 0.789. The van der Waals surface area contributed by atoms with Gasteiger partial charge in [0, 0.05) is 29.2 Å². The van der Waals surface area contributed by atoms with Crippen LogP contribution in [-0.4, -0.2) is 37.0 Å². The number of piperidine rings is 1. The molecule has 110 valence electrons. The van der Waals surface area contributed by atoms with Crippen molar-refractivity contribution in [3.63, 3.8) is 0 Å². The molecule has 3 nitrogen and oxygen atoms in total. The normalized spacial score (nSPS) is 19.0. The second kappa shape index (κ2) is 6.16. The summed E-state index contributed by atoms with van der Waals surface area (Å²) >= 11 is 3.52. The van der Waals surface area contributed by atoms with Gasteiger partial charge in [0.05, 0.1) is 0 Å². The highest BCUT2D eigenvalue weighted by atomic mass is 79.9. The van der Waals surface area contributed by atoms with Gasteiger partial charge >= 0.3 is 0 Å². The Bertz CT molecular complexity index is 671. The minimum absolute atomic E-state index is 0.132. The molecule has 1 atom stereocenters. The summed E-state index contributed by atoms with van der Waals surface area (Å²) in [5, 5.41) is 5.41. The number of likely N-dealkylation sites (N-methyl/N-ethyl adjacent to an activating group) is 1. The van der Waals surface area contributed by atoms with Gasteiger partial charge in [-0.15, -0.1) is 0 Å². The van der Waals surface area contributed by atoms with Crippen molar-refractivity contribution in [1.82, 2.24) is 10.2 Å². The maximum atomic E-state index is 12.9. The SMILES string of the molecule is CNC1CCCN(C(=O)c2cc(Br)cc3ccccc23)C1. The van der Waals surface area contributed by atoms with Crippen LogP contribution in [0.25, 0.3) is 10.8 Å². The van der Waals surface area contributed by atoms with Crippen molar-refractivity contribution in [3.05, 3.63) is 46.4 Å². The molecule has 1 fully saturated rings. The van der Waals surface area contributed by atoms with Crippen LogP contribution in [0.1, 0.15) is 23.2 Å². The fourth-order valence-corrected chi connectivity index (χ4v) is 3.49. The third kappa shape index (κ3) is 2.97. The molecule has 2 aromatic carbocycles. The van der Waals surface area contributed by atoms with Crippen LogP contribution in [0.3, 0.4) is 0 Å². The number of nitrogens with zero attached hydrogens (tertiary/aromatic N) is 1. The molecule has 1 amide bonds. The van der Waals surface area contributed by atoms with Gasteiger partial charge in [-0.2, -0.15) is 0 Å². The number of carbonyl (C=O) groups is 1. The summed E-state index contributed by atoms with van der Waals surface area (Å²) in [7, 11) is 1.97. The Labute approximate surface area is 133 Å². The Kier molecular flexibility index (Phi) is 4.27. The fraction of sp³-hybridized carbons (Fsp3) is 0.353. The van der Waals surface area contributed by atoms with Gasteiger partial charge in [0.2, 0.25) is 0 Å². The molecule has 0 bridgehead atoms. The van der Waals surface area contributed by atoms with E-state index in [1.54, 1.807) is 0 Å². The third-order valence-corrected chi connectivity index (χ3v) is 4.63. The molecular weight excluding hydrogens is 328 g/mol. The van der Waals surface area contributed by atoms with E-state index in [0.29, 0.717) is 6.04 Å². The molecule has 1 unspecified atom stereocenters. The summed E-state index contributed by atoms with van der Waals surface area (Å²) in [4.78, 5) is 14.9. The van der Waals surface area contributed by atoms with Gasteiger partial charge in [-0.1, -0.05) is 40.2 Å². The highest BCUT2D eigenvalue weighted by Crippen LogP contribution is 2.26. The summed E-state index contributed by atoms with van der Waals surface area (Å²) < 4.78 is 0.951. The first-order valence-electron chi connectivity index (χ1n) is 7.34. The molecule has 3 rings (SSSR count). The third-order valence-electron chi connectivity index (χ3n) is 4.17. The molecule has 2 aromatic rings. The number of nitrogens with one attached hydrogen (secondary N) is 1. The Hall–Kier alpha value is -1.39. The zero-order chi connectivity index (χ0) is 14.8. The number of hydrogen-bond acceptors (Lipinski definition) is 2. The van der Waals surface area contributed by atoms with Crippen LogP contribution in [0.2, 0.25) is 0 Å². The highest BCUT2D eigenvalue weighted by Gasteiger charge is 2.24. The summed E-state index contributed by atoms with van der Waals surface area (Å²) in [6.45, 7) is 1.63. The van der Waals surface area contributed by atoms with Crippen LogP contribution >= 0.6 is 15.9 Å². The number of halogens is 1. The van der Waals surface area contributed by atoms with Gasteiger partial charge in [0.1, 0.15) is 0 Å². The van der Waals surface area contributed by atoms with E-state index in [2.05, 4.69) is 27.3 Å². The quantitative estimate of drug-likeness (QED) is 0.903. The van der Waals surface area contributed by atoms with E-state index in [1.165, 1.54) is 0 Å². The van der Waals surface area contributed by atoms with E-state index in [-0.39, 0.29) is 5.91 Å². The van der Waals surface area contributed by atoms with Crippen molar-refractivity contribution in [2.75, 3.05) is 20.1 Å². The number of amides is 1. The Morgan fingerprint density at radius 3 is 2.95 bits per heavy atom. The fourth-order valence-electron chi connectivity index (χ4n) is 3.02.